The van der Waals surface area contributed by atoms with Crippen LogP contribution in [-0.2, 0) is 0 Å². The third-order valence-corrected chi connectivity index (χ3v) is 3.24. The van der Waals surface area contributed by atoms with Crippen molar-refractivity contribution >= 4 is 0 Å². The van der Waals surface area contributed by atoms with E-state index in [-0.39, 0.29) is 0 Å². The molecule has 0 aromatic rings. The summed E-state index contributed by atoms with van der Waals surface area (Å²) in [6.07, 6.45) is 10.1. The summed E-state index contributed by atoms with van der Waals surface area (Å²) in [7, 11) is 0. The monoisotopic (exact) mass is 192 g/mol. The standard InChI is InChI=1S/C12H20N2/c1-3-10(2)8-14-9-11-6-4-5-7-12(11)13-14/h4-7,10-13H,3,8-9H2,1-2H3/t10-,11?,12?/m0/s1. The van der Waals surface area contributed by atoms with Gasteiger partial charge >= 0.3 is 0 Å². The minimum absolute atomic E-state index is 0.545. The molecule has 3 atom stereocenters. The highest BCUT2D eigenvalue weighted by molar-refractivity contribution is 5.19. The van der Waals surface area contributed by atoms with Crippen LogP contribution in [0.3, 0.4) is 0 Å². The minimum atomic E-state index is 0.545. The van der Waals surface area contributed by atoms with Gasteiger partial charge in [0.2, 0.25) is 0 Å². The molecule has 1 saturated heterocycles. The van der Waals surface area contributed by atoms with Crippen molar-refractivity contribution in [1.29, 1.82) is 0 Å². The average Bonchev–Trinajstić information content (AvgIpc) is 2.59. The lowest BCUT2D eigenvalue weighted by molar-refractivity contribution is 0.207. The topological polar surface area (TPSA) is 15.3 Å². The lowest BCUT2D eigenvalue weighted by Crippen LogP contribution is -2.37. The van der Waals surface area contributed by atoms with E-state index >= 15 is 0 Å². The molecule has 1 aliphatic carbocycles. The van der Waals surface area contributed by atoms with Crippen LogP contribution in [0.5, 0.6) is 0 Å². The van der Waals surface area contributed by atoms with Crippen LogP contribution in [0.1, 0.15) is 20.3 Å². The first-order valence-electron chi connectivity index (χ1n) is 5.65. The van der Waals surface area contributed by atoms with Gasteiger partial charge in [0.05, 0.1) is 0 Å². The maximum absolute atomic E-state index is 3.55. The zero-order valence-corrected chi connectivity index (χ0v) is 9.11. The normalized spacial score (nSPS) is 33.3. The Bertz CT molecular complexity index is 225. The molecule has 1 aliphatic heterocycles. The van der Waals surface area contributed by atoms with E-state index in [9.17, 15) is 0 Å². The van der Waals surface area contributed by atoms with E-state index in [4.69, 9.17) is 0 Å². The van der Waals surface area contributed by atoms with E-state index in [0.29, 0.717) is 12.0 Å². The van der Waals surface area contributed by atoms with Crippen LogP contribution in [-0.4, -0.2) is 24.1 Å². The molecule has 2 nitrogen and oxygen atoms in total. The van der Waals surface area contributed by atoms with Gasteiger partial charge in [-0.25, -0.2) is 10.4 Å². The highest BCUT2D eigenvalue weighted by Gasteiger charge is 2.29. The van der Waals surface area contributed by atoms with Gasteiger partial charge in [-0.15, -0.1) is 0 Å². The van der Waals surface area contributed by atoms with Crippen molar-refractivity contribution in [3.05, 3.63) is 24.3 Å². The van der Waals surface area contributed by atoms with E-state index in [1.807, 2.05) is 0 Å². The first-order chi connectivity index (χ1) is 6.79. The van der Waals surface area contributed by atoms with E-state index in [1.54, 1.807) is 0 Å². The van der Waals surface area contributed by atoms with E-state index < -0.39 is 0 Å². The fraction of sp³-hybridized carbons (Fsp3) is 0.667. The molecule has 2 unspecified atom stereocenters. The van der Waals surface area contributed by atoms with E-state index in [2.05, 4.69) is 48.6 Å². The van der Waals surface area contributed by atoms with Gasteiger partial charge in [0.1, 0.15) is 0 Å². The van der Waals surface area contributed by atoms with Crippen LogP contribution in [0.25, 0.3) is 0 Å². The summed E-state index contributed by atoms with van der Waals surface area (Å²) in [5.41, 5.74) is 3.55. The molecule has 14 heavy (non-hydrogen) atoms. The Balaban J connectivity index is 1.88. The molecule has 2 aliphatic rings. The molecular weight excluding hydrogens is 172 g/mol. The number of nitrogens with one attached hydrogen (secondary N) is 1. The Hall–Kier alpha value is -0.600. The molecule has 2 rings (SSSR count). The second-order valence-electron chi connectivity index (χ2n) is 4.51. The quantitative estimate of drug-likeness (QED) is 0.735. The van der Waals surface area contributed by atoms with Crippen LogP contribution in [0.2, 0.25) is 0 Å². The number of fused-ring (bicyclic) bond motifs is 1. The summed E-state index contributed by atoms with van der Waals surface area (Å²) in [6, 6.07) is 0.545. The number of hydrogen-bond acceptors (Lipinski definition) is 2. The Morgan fingerprint density at radius 2 is 2.21 bits per heavy atom. The zero-order valence-electron chi connectivity index (χ0n) is 9.11. The molecule has 0 aromatic carbocycles. The van der Waals surface area contributed by atoms with Crippen LogP contribution >= 0.6 is 0 Å². The van der Waals surface area contributed by atoms with Gasteiger partial charge in [-0.2, -0.15) is 0 Å². The van der Waals surface area contributed by atoms with Crippen molar-refractivity contribution in [1.82, 2.24) is 10.4 Å². The highest BCUT2D eigenvalue weighted by atomic mass is 15.5. The summed E-state index contributed by atoms with van der Waals surface area (Å²) in [6.45, 7) is 6.91. The predicted molar refractivity (Wildman–Crippen MR) is 59.7 cm³/mol. The average molecular weight is 192 g/mol. The van der Waals surface area contributed by atoms with Gasteiger partial charge < -0.3 is 0 Å². The highest BCUT2D eigenvalue weighted by Crippen LogP contribution is 2.21. The molecule has 0 spiro atoms. The molecule has 1 fully saturated rings. The van der Waals surface area contributed by atoms with Crippen LogP contribution in [0.4, 0.5) is 0 Å². The molecule has 0 bridgehead atoms. The van der Waals surface area contributed by atoms with Gasteiger partial charge in [0, 0.05) is 25.0 Å². The molecule has 2 heteroatoms. The molecule has 1 heterocycles. The van der Waals surface area contributed by atoms with Gasteiger partial charge in [-0.05, 0) is 5.92 Å². The Labute approximate surface area is 86.6 Å². The van der Waals surface area contributed by atoms with Crippen LogP contribution in [0, 0.1) is 11.8 Å². The largest absolute Gasteiger partial charge is 0.248 e. The second-order valence-corrected chi connectivity index (χ2v) is 4.51. The van der Waals surface area contributed by atoms with Gasteiger partial charge in [-0.3, -0.25) is 0 Å². The lowest BCUT2D eigenvalue weighted by Gasteiger charge is -2.20. The molecule has 0 aromatic heterocycles. The maximum atomic E-state index is 3.55. The molecule has 78 valence electrons. The second kappa shape index (κ2) is 4.28. The number of nitrogens with zero attached hydrogens (tertiary/aromatic N) is 1. The minimum Gasteiger partial charge on any atom is -0.248 e. The van der Waals surface area contributed by atoms with Crippen LogP contribution < -0.4 is 5.43 Å². The summed E-state index contributed by atoms with van der Waals surface area (Å²) in [5.74, 6) is 1.47. The summed E-state index contributed by atoms with van der Waals surface area (Å²) < 4.78 is 0. The molecule has 0 amide bonds. The molecule has 0 radical (unpaired) electrons. The van der Waals surface area contributed by atoms with Crippen molar-refractivity contribution < 1.29 is 0 Å². The third-order valence-electron chi connectivity index (χ3n) is 3.24. The van der Waals surface area contributed by atoms with Crippen LogP contribution in [0.15, 0.2) is 24.3 Å². The van der Waals surface area contributed by atoms with E-state index in [1.165, 1.54) is 13.0 Å². The van der Waals surface area contributed by atoms with Gasteiger partial charge in [-0.1, -0.05) is 44.6 Å². The predicted octanol–water partition coefficient (Wildman–Crippen LogP) is 1.96. The Kier molecular flexibility index (Phi) is 3.04. The lowest BCUT2D eigenvalue weighted by atomic mass is 9.97. The number of rotatable bonds is 3. The summed E-state index contributed by atoms with van der Waals surface area (Å²) in [4.78, 5) is 0. The van der Waals surface area contributed by atoms with Gasteiger partial charge in [0.25, 0.3) is 0 Å². The SMILES string of the molecule is CC[C@H](C)CN1CC2C=CC=CC2N1. The van der Waals surface area contributed by atoms with Crippen molar-refractivity contribution in [2.45, 2.75) is 26.3 Å². The van der Waals surface area contributed by atoms with Crippen molar-refractivity contribution in [2.24, 2.45) is 11.8 Å². The summed E-state index contributed by atoms with van der Waals surface area (Å²) in [5, 5.41) is 2.38. The Morgan fingerprint density at radius 3 is 2.93 bits per heavy atom. The first-order valence-corrected chi connectivity index (χ1v) is 5.65. The Morgan fingerprint density at radius 1 is 1.43 bits per heavy atom. The fourth-order valence-corrected chi connectivity index (χ4v) is 2.12. The van der Waals surface area contributed by atoms with Gasteiger partial charge in [0.15, 0.2) is 0 Å². The van der Waals surface area contributed by atoms with Crippen molar-refractivity contribution in [2.75, 3.05) is 13.1 Å². The van der Waals surface area contributed by atoms with Crippen molar-refractivity contribution in [3.8, 4) is 0 Å². The summed E-state index contributed by atoms with van der Waals surface area (Å²) >= 11 is 0. The number of allylic oxidation sites excluding steroid dienone is 2. The zero-order chi connectivity index (χ0) is 9.97. The molecule has 0 saturated carbocycles. The van der Waals surface area contributed by atoms with Crippen molar-refractivity contribution in [3.63, 3.8) is 0 Å². The third kappa shape index (κ3) is 2.07. The first kappa shape index (κ1) is 9.94. The smallest absolute Gasteiger partial charge is 0.0473 e. The number of hydrazine groups is 1. The molecular formula is C12H20N2. The maximum Gasteiger partial charge on any atom is 0.0473 e. The fourth-order valence-electron chi connectivity index (χ4n) is 2.12. The number of hydrogen-bond donors (Lipinski definition) is 1. The van der Waals surface area contributed by atoms with E-state index in [0.717, 1.165) is 12.5 Å². The molecule has 1 N–H and O–H groups in total.